The highest BCUT2D eigenvalue weighted by atomic mass is 15.2. The van der Waals surface area contributed by atoms with Gasteiger partial charge in [-0.25, -0.2) is 9.98 Å². The number of nitrogens with one attached hydrogen (secondary N) is 1. The van der Waals surface area contributed by atoms with E-state index in [2.05, 4.69) is 128 Å². The van der Waals surface area contributed by atoms with Crippen LogP contribution in [0.5, 0.6) is 0 Å². The number of amidine groups is 2. The highest BCUT2D eigenvalue weighted by Gasteiger charge is 2.46. The van der Waals surface area contributed by atoms with E-state index in [0.717, 1.165) is 34.8 Å². The Bertz CT molecular complexity index is 1950. The van der Waals surface area contributed by atoms with Gasteiger partial charge >= 0.3 is 0 Å². The average molecular weight is 584 g/mol. The molecule has 0 aromatic heterocycles. The second-order valence-corrected chi connectivity index (χ2v) is 13.1. The molecule has 4 atom stereocenters. The SMILES string of the molecule is CC1(C)c2ccccc2C2C=CC(c3cccc(-c4cccc(C5N=C(c6ccccc6)N=C(c6ccccc6)N5)c4)c3)CC21. The summed E-state index contributed by atoms with van der Waals surface area (Å²) in [7, 11) is 0. The quantitative estimate of drug-likeness (QED) is 0.206. The molecule has 0 radical (unpaired) electrons. The zero-order chi connectivity index (χ0) is 30.4. The number of fused-ring (bicyclic) bond motifs is 3. The fraction of sp³-hybridized carbons (Fsp3) is 0.190. The molecular formula is C42H37N3. The van der Waals surface area contributed by atoms with Crippen LogP contribution in [0.25, 0.3) is 11.1 Å². The molecule has 0 saturated heterocycles. The van der Waals surface area contributed by atoms with Gasteiger partial charge in [-0.1, -0.05) is 153 Å². The minimum absolute atomic E-state index is 0.171. The van der Waals surface area contributed by atoms with Gasteiger partial charge in [0.25, 0.3) is 0 Å². The van der Waals surface area contributed by atoms with Gasteiger partial charge in [-0.05, 0) is 57.2 Å². The third kappa shape index (κ3) is 5.03. The fourth-order valence-electron chi connectivity index (χ4n) is 7.69. The van der Waals surface area contributed by atoms with Crippen LogP contribution in [0.1, 0.15) is 71.7 Å². The van der Waals surface area contributed by atoms with Crippen LogP contribution in [0.3, 0.4) is 0 Å². The lowest BCUT2D eigenvalue weighted by Crippen LogP contribution is -2.33. The highest BCUT2D eigenvalue weighted by molar-refractivity contribution is 6.13. The van der Waals surface area contributed by atoms with Gasteiger partial charge in [0.1, 0.15) is 12.0 Å². The topological polar surface area (TPSA) is 36.8 Å². The van der Waals surface area contributed by atoms with E-state index in [4.69, 9.17) is 9.98 Å². The summed E-state index contributed by atoms with van der Waals surface area (Å²) >= 11 is 0. The molecule has 4 unspecified atom stereocenters. The normalized spacial score (nSPS) is 22.9. The Morgan fingerprint density at radius 3 is 2.00 bits per heavy atom. The molecule has 5 aromatic rings. The third-order valence-corrected chi connectivity index (χ3v) is 10.1. The van der Waals surface area contributed by atoms with Crippen molar-refractivity contribution in [2.24, 2.45) is 15.9 Å². The lowest BCUT2D eigenvalue weighted by molar-refractivity contribution is 0.288. The number of hydrogen-bond acceptors (Lipinski definition) is 3. The first-order valence-corrected chi connectivity index (χ1v) is 16.1. The summed E-state index contributed by atoms with van der Waals surface area (Å²) < 4.78 is 0. The summed E-state index contributed by atoms with van der Waals surface area (Å²) in [6.07, 6.45) is 5.87. The maximum atomic E-state index is 5.09. The Labute approximate surface area is 266 Å². The largest absolute Gasteiger partial charge is 0.344 e. The molecule has 3 aliphatic rings. The zero-order valence-electron chi connectivity index (χ0n) is 25.8. The van der Waals surface area contributed by atoms with Gasteiger partial charge in [-0.2, -0.15) is 0 Å². The predicted molar refractivity (Wildman–Crippen MR) is 186 cm³/mol. The van der Waals surface area contributed by atoms with Gasteiger partial charge < -0.3 is 5.32 Å². The Kier molecular flexibility index (Phi) is 6.83. The minimum atomic E-state index is -0.250. The second-order valence-electron chi connectivity index (χ2n) is 13.1. The Morgan fingerprint density at radius 2 is 1.24 bits per heavy atom. The smallest absolute Gasteiger partial charge is 0.159 e. The molecule has 2 aliphatic carbocycles. The predicted octanol–water partition coefficient (Wildman–Crippen LogP) is 9.58. The summed E-state index contributed by atoms with van der Waals surface area (Å²) in [6, 6.07) is 47.6. The van der Waals surface area contributed by atoms with Crippen LogP contribution in [0.4, 0.5) is 0 Å². The average Bonchev–Trinajstić information content (AvgIpc) is 3.34. The van der Waals surface area contributed by atoms with Crippen molar-refractivity contribution in [2.45, 2.75) is 43.7 Å². The molecule has 45 heavy (non-hydrogen) atoms. The molecular weight excluding hydrogens is 546 g/mol. The van der Waals surface area contributed by atoms with Crippen LogP contribution in [-0.4, -0.2) is 11.7 Å². The van der Waals surface area contributed by atoms with Gasteiger partial charge in [0.15, 0.2) is 5.84 Å². The second kappa shape index (κ2) is 11.2. The van der Waals surface area contributed by atoms with Crippen LogP contribution in [0.2, 0.25) is 0 Å². The molecule has 0 saturated carbocycles. The molecule has 1 N–H and O–H groups in total. The van der Waals surface area contributed by atoms with Crippen molar-refractivity contribution in [3.05, 3.63) is 179 Å². The zero-order valence-corrected chi connectivity index (χ0v) is 25.8. The maximum Gasteiger partial charge on any atom is 0.159 e. The molecule has 1 heterocycles. The lowest BCUT2D eigenvalue weighted by Gasteiger charge is -2.36. The first-order valence-electron chi connectivity index (χ1n) is 16.1. The number of rotatable bonds is 5. The van der Waals surface area contributed by atoms with Crippen molar-refractivity contribution in [3.63, 3.8) is 0 Å². The fourth-order valence-corrected chi connectivity index (χ4v) is 7.69. The minimum Gasteiger partial charge on any atom is -0.344 e. The first-order chi connectivity index (χ1) is 22.0. The molecule has 5 aromatic carbocycles. The van der Waals surface area contributed by atoms with Crippen LogP contribution in [0.15, 0.2) is 156 Å². The Balaban J connectivity index is 1.10. The highest BCUT2D eigenvalue weighted by Crippen LogP contribution is 2.56. The van der Waals surface area contributed by atoms with E-state index in [-0.39, 0.29) is 11.6 Å². The van der Waals surface area contributed by atoms with E-state index in [9.17, 15) is 0 Å². The number of hydrogen-bond donors (Lipinski definition) is 1. The van der Waals surface area contributed by atoms with Crippen LogP contribution in [0, 0.1) is 5.92 Å². The van der Waals surface area contributed by atoms with E-state index in [1.165, 1.54) is 27.8 Å². The number of allylic oxidation sites excluding steroid dienone is 2. The van der Waals surface area contributed by atoms with E-state index >= 15 is 0 Å². The molecule has 8 rings (SSSR count). The summed E-state index contributed by atoms with van der Waals surface area (Å²) in [6.45, 7) is 4.88. The summed E-state index contributed by atoms with van der Waals surface area (Å²) in [5.41, 5.74) is 10.2. The van der Waals surface area contributed by atoms with E-state index in [0.29, 0.717) is 17.8 Å². The molecule has 1 aliphatic heterocycles. The van der Waals surface area contributed by atoms with E-state index in [1.54, 1.807) is 0 Å². The summed E-state index contributed by atoms with van der Waals surface area (Å²) in [5, 5.41) is 3.62. The third-order valence-electron chi connectivity index (χ3n) is 10.1. The standard InChI is InChI=1S/C42H37N3/c1-42(2)37-22-10-9-21-35(37)36-24-23-33(27-38(36)42)31-18-11-17-30(25-31)32-19-12-20-34(26-32)41-44-39(28-13-5-3-6-14-28)43-40(45-41)29-15-7-4-8-16-29/h3-26,33,36,38,41H,27H2,1-2H3,(H,43,44,45). The summed E-state index contributed by atoms with van der Waals surface area (Å²) in [5.74, 6) is 3.10. The van der Waals surface area contributed by atoms with Gasteiger partial charge in [0, 0.05) is 23.0 Å². The van der Waals surface area contributed by atoms with Crippen molar-refractivity contribution in [1.29, 1.82) is 0 Å². The van der Waals surface area contributed by atoms with Crippen molar-refractivity contribution in [2.75, 3.05) is 0 Å². The number of nitrogens with zero attached hydrogens (tertiary/aromatic N) is 2. The molecule has 0 spiro atoms. The summed E-state index contributed by atoms with van der Waals surface area (Å²) in [4.78, 5) is 10.0. The van der Waals surface area contributed by atoms with Crippen molar-refractivity contribution in [1.82, 2.24) is 5.32 Å². The molecule has 0 bridgehead atoms. The van der Waals surface area contributed by atoms with Gasteiger partial charge in [0.05, 0.1) is 0 Å². The van der Waals surface area contributed by atoms with Gasteiger partial charge in [-0.15, -0.1) is 0 Å². The van der Waals surface area contributed by atoms with Crippen molar-refractivity contribution >= 4 is 11.7 Å². The van der Waals surface area contributed by atoms with Crippen molar-refractivity contribution < 1.29 is 0 Å². The van der Waals surface area contributed by atoms with Gasteiger partial charge in [0.2, 0.25) is 0 Å². The molecule has 3 nitrogen and oxygen atoms in total. The molecule has 220 valence electrons. The van der Waals surface area contributed by atoms with Crippen LogP contribution < -0.4 is 5.32 Å². The van der Waals surface area contributed by atoms with Gasteiger partial charge in [-0.3, -0.25) is 0 Å². The lowest BCUT2D eigenvalue weighted by atomic mass is 9.68. The first kappa shape index (κ1) is 27.5. The molecule has 0 fully saturated rings. The maximum absolute atomic E-state index is 5.09. The van der Waals surface area contributed by atoms with E-state index < -0.39 is 0 Å². The number of aliphatic imine (C=N–C) groups is 2. The molecule has 0 amide bonds. The molecule has 3 heteroatoms. The van der Waals surface area contributed by atoms with Crippen molar-refractivity contribution in [3.8, 4) is 11.1 Å². The Hall–Kier alpha value is -5.02. The Morgan fingerprint density at radius 1 is 0.622 bits per heavy atom. The van der Waals surface area contributed by atoms with E-state index in [1.807, 2.05) is 36.4 Å². The number of benzene rings is 5. The van der Waals surface area contributed by atoms with Crippen LogP contribution >= 0.6 is 0 Å². The van der Waals surface area contributed by atoms with Crippen LogP contribution in [-0.2, 0) is 5.41 Å². The monoisotopic (exact) mass is 583 g/mol.